The van der Waals surface area contributed by atoms with Gasteiger partial charge in [0.05, 0.1) is 0 Å². The molecule has 2 N–H and O–H groups in total. The van der Waals surface area contributed by atoms with Crippen LogP contribution in [0.3, 0.4) is 0 Å². The second-order valence-electron chi connectivity index (χ2n) is 4.67. The van der Waals surface area contributed by atoms with E-state index in [-0.39, 0.29) is 15.4 Å². The van der Waals surface area contributed by atoms with Crippen molar-refractivity contribution >= 4 is 26.5 Å². The lowest BCUT2D eigenvalue weighted by molar-refractivity contribution is 0.471. The van der Waals surface area contributed by atoms with Gasteiger partial charge < -0.3 is 5.73 Å². The fourth-order valence-corrected chi connectivity index (χ4v) is 4.80. The number of hydrogen-bond acceptors (Lipinski definition) is 6. The molecule has 6 nitrogen and oxygen atoms in total. The third-order valence-corrected chi connectivity index (χ3v) is 6.37. The van der Waals surface area contributed by atoms with Crippen molar-refractivity contribution in [3.8, 4) is 0 Å². The van der Waals surface area contributed by atoms with Gasteiger partial charge in [-0.15, -0.1) is 10.2 Å². The number of rotatable bonds is 3. The molecule has 1 aromatic heterocycles. The van der Waals surface area contributed by atoms with Crippen LogP contribution in [0.4, 0.5) is 5.13 Å². The summed E-state index contributed by atoms with van der Waals surface area (Å²) in [5, 5.41) is 7.38. The second-order valence-corrected chi connectivity index (χ2v) is 7.79. The molecule has 3 rings (SSSR count). The molecule has 1 fully saturated rings. The van der Waals surface area contributed by atoms with Crippen molar-refractivity contribution in [1.29, 1.82) is 0 Å². The Morgan fingerprint density at radius 2 is 2.00 bits per heavy atom. The number of aromatic nitrogens is 2. The first-order valence-electron chi connectivity index (χ1n) is 6.21. The molecule has 1 aromatic carbocycles. The van der Waals surface area contributed by atoms with E-state index in [1.807, 2.05) is 30.3 Å². The van der Waals surface area contributed by atoms with Gasteiger partial charge in [-0.05, 0) is 17.9 Å². The molecule has 2 heterocycles. The van der Waals surface area contributed by atoms with Crippen molar-refractivity contribution < 1.29 is 8.42 Å². The average Bonchev–Trinajstić information content (AvgIpc) is 3.09. The summed E-state index contributed by atoms with van der Waals surface area (Å²) in [6.45, 7) is 0.979. The molecule has 106 valence electrons. The van der Waals surface area contributed by atoms with E-state index in [1.165, 1.54) is 9.87 Å². The number of nitrogens with zero attached hydrogens (tertiary/aromatic N) is 3. The van der Waals surface area contributed by atoms with Crippen molar-refractivity contribution in [2.45, 2.75) is 16.7 Å². The van der Waals surface area contributed by atoms with Gasteiger partial charge >= 0.3 is 0 Å². The van der Waals surface area contributed by atoms with Crippen molar-refractivity contribution in [2.24, 2.45) is 0 Å². The van der Waals surface area contributed by atoms with Gasteiger partial charge in [0, 0.05) is 13.1 Å². The van der Waals surface area contributed by atoms with Crippen LogP contribution in [-0.2, 0) is 10.0 Å². The largest absolute Gasteiger partial charge is 0.374 e. The maximum absolute atomic E-state index is 12.4. The highest BCUT2D eigenvalue weighted by atomic mass is 32.2. The molecular weight excluding hydrogens is 296 g/mol. The van der Waals surface area contributed by atoms with Gasteiger partial charge in [-0.2, -0.15) is 4.31 Å². The summed E-state index contributed by atoms with van der Waals surface area (Å²) in [6.07, 6.45) is 0.817. The van der Waals surface area contributed by atoms with Crippen LogP contribution in [0.1, 0.15) is 17.9 Å². The van der Waals surface area contributed by atoms with Gasteiger partial charge in [0.1, 0.15) is 0 Å². The van der Waals surface area contributed by atoms with Crippen molar-refractivity contribution in [3.05, 3.63) is 35.9 Å². The maximum atomic E-state index is 12.4. The van der Waals surface area contributed by atoms with Gasteiger partial charge in [0.25, 0.3) is 10.0 Å². The van der Waals surface area contributed by atoms with Crippen LogP contribution in [-0.4, -0.2) is 36.0 Å². The lowest BCUT2D eigenvalue weighted by Gasteiger charge is -2.14. The summed E-state index contributed by atoms with van der Waals surface area (Å²) in [5.41, 5.74) is 6.62. The van der Waals surface area contributed by atoms with Gasteiger partial charge in [-0.3, -0.25) is 0 Å². The quantitative estimate of drug-likeness (QED) is 0.923. The van der Waals surface area contributed by atoms with E-state index in [2.05, 4.69) is 10.2 Å². The molecule has 0 amide bonds. The number of nitrogen functional groups attached to an aromatic ring is 1. The van der Waals surface area contributed by atoms with E-state index < -0.39 is 10.0 Å². The van der Waals surface area contributed by atoms with Crippen LogP contribution in [0, 0.1) is 0 Å². The molecule has 8 heteroatoms. The van der Waals surface area contributed by atoms with E-state index in [0.717, 1.165) is 17.8 Å². The highest BCUT2D eigenvalue weighted by Crippen LogP contribution is 2.31. The summed E-state index contributed by atoms with van der Waals surface area (Å²) >= 11 is 0.904. The third kappa shape index (κ3) is 2.41. The minimum absolute atomic E-state index is 0.0243. The van der Waals surface area contributed by atoms with E-state index in [4.69, 9.17) is 5.73 Å². The van der Waals surface area contributed by atoms with Crippen LogP contribution in [0.15, 0.2) is 34.7 Å². The molecule has 0 aliphatic carbocycles. The minimum atomic E-state index is -3.56. The van der Waals surface area contributed by atoms with E-state index in [1.54, 1.807) is 0 Å². The SMILES string of the molecule is Nc1nnc(S(=O)(=O)N2CCC(c3ccccc3)C2)s1. The van der Waals surface area contributed by atoms with Crippen molar-refractivity contribution in [2.75, 3.05) is 18.8 Å². The Hall–Kier alpha value is -1.51. The van der Waals surface area contributed by atoms with Gasteiger partial charge in [0.2, 0.25) is 9.47 Å². The van der Waals surface area contributed by atoms with E-state index >= 15 is 0 Å². The topological polar surface area (TPSA) is 89.2 Å². The first-order chi connectivity index (χ1) is 9.57. The fraction of sp³-hybridized carbons (Fsp3) is 0.333. The maximum Gasteiger partial charge on any atom is 0.272 e. The van der Waals surface area contributed by atoms with Crippen molar-refractivity contribution in [1.82, 2.24) is 14.5 Å². The molecule has 0 saturated carbocycles. The molecule has 0 bridgehead atoms. The smallest absolute Gasteiger partial charge is 0.272 e. The zero-order valence-electron chi connectivity index (χ0n) is 10.6. The summed E-state index contributed by atoms with van der Waals surface area (Å²) in [4.78, 5) is 0. The molecule has 0 radical (unpaired) electrons. The highest BCUT2D eigenvalue weighted by Gasteiger charge is 2.35. The highest BCUT2D eigenvalue weighted by molar-refractivity contribution is 7.91. The van der Waals surface area contributed by atoms with Crippen LogP contribution >= 0.6 is 11.3 Å². The molecule has 1 aliphatic rings. The molecule has 1 saturated heterocycles. The van der Waals surface area contributed by atoms with Gasteiger partial charge in [-0.1, -0.05) is 41.7 Å². The lowest BCUT2D eigenvalue weighted by Crippen LogP contribution is -2.28. The standard InChI is InChI=1S/C12H14N4O2S2/c13-11-14-15-12(19-11)20(17,18)16-7-6-10(8-16)9-4-2-1-3-5-9/h1-5,10H,6-8H2,(H2,13,14). The molecule has 20 heavy (non-hydrogen) atoms. The molecular formula is C12H14N4O2S2. The average molecular weight is 310 g/mol. The number of sulfonamides is 1. The zero-order valence-corrected chi connectivity index (χ0v) is 12.3. The van der Waals surface area contributed by atoms with E-state index in [9.17, 15) is 8.42 Å². The van der Waals surface area contributed by atoms with Crippen LogP contribution in [0.25, 0.3) is 0 Å². The Labute approximate surface area is 121 Å². The predicted octanol–water partition coefficient (Wildman–Crippen LogP) is 1.30. The molecule has 1 unspecified atom stereocenters. The fourth-order valence-electron chi connectivity index (χ4n) is 2.38. The Morgan fingerprint density at radius 3 is 2.65 bits per heavy atom. The number of anilines is 1. The first kappa shape index (κ1) is 13.5. The van der Waals surface area contributed by atoms with Crippen molar-refractivity contribution in [3.63, 3.8) is 0 Å². The Balaban J connectivity index is 1.80. The number of benzene rings is 1. The summed E-state index contributed by atoms with van der Waals surface area (Å²) in [5.74, 6) is 0.233. The van der Waals surface area contributed by atoms with Gasteiger partial charge in [0.15, 0.2) is 0 Å². The van der Waals surface area contributed by atoms with Crippen LogP contribution in [0.5, 0.6) is 0 Å². The monoisotopic (exact) mass is 310 g/mol. The number of hydrogen-bond donors (Lipinski definition) is 1. The minimum Gasteiger partial charge on any atom is -0.374 e. The van der Waals surface area contributed by atoms with Gasteiger partial charge in [-0.25, -0.2) is 8.42 Å². The second kappa shape index (κ2) is 5.12. The van der Waals surface area contributed by atoms with Crippen LogP contribution < -0.4 is 5.73 Å². The third-order valence-electron chi connectivity index (χ3n) is 3.40. The van der Waals surface area contributed by atoms with Crippen LogP contribution in [0.2, 0.25) is 0 Å². The summed E-state index contributed by atoms with van der Waals surface area (Å²) < 4.78 is 26.2. The predicted molar refractivity (Wildman–Crippen MR) is 76.9 cm³/mol. The molecule has 1 aliphatic heterocycles. The summed E-state index contributed by atoms with van der Waals surface area (Å²) in [7, 11) is -3.56. The first-order valence-corrected chi connectivity index (χ1v) is 8.47. The zero-order chi connectivity index (χ0) is 14.2. The Kier molecular flexibility index (Phi) is 3.45. The summed E-state index contributed by atoms with van der Waals surface area (Å²) in [6, 6.07) is 9.96. The lowest BCUT2D eigenvalue weighted by atomic mass is 9.99. The molecule has 0 spiro atoms. The Bertz CT molecular complexity index is 699. The van der Waals surface area contributed by atoms with E-state index in [0.29, 0.717) is 13.1 Å². The molecule has 1 atom stereocenters. The Morgan fingerprint density at radius 1 is 1.25 bits per heavy atom. The molecule has 2 aromatic rings. The number of nitrogens with two attached hydrogens (primary N) is 1. The normalized spacial score (nSPS) is 20.3.